The van der Waals surface area contributed by atoms with E-state index >= 15 is 0 Å². The zero-order valence-electron chi connectivity index (χ0n) is 21.0. The van der Waals surface area contributed by atoms with Crippen LogP contribution in [0.4, 0.5) is 22.9 Å². The highest BCUT2D eigenvalue weighted by molar-refractivity contribution is 7.92. The minimum Gasteiger partial charge on any atom is -0.378 e. The zero-order valence-corrected chi connectivity index (χ0v) is 21.8. The predicted octanol–water partition coefficient (Wildman–Crippen LogP) is 5.93. The summed E-state index contributed by atoms with van der Waals surface area (Å²) in [4.78, 5) is 6.72. The molecule has 5 aromatic rings. The van der Waals surface area contributed by atoms with E-state index in [1.54, 1.807) is 18.2 Å². The van der Waals surface area contributed by atoms with Gasteiger partial charge < -0.3 is 14.8 Å². The molecule has 0 saturated heterocycles. The van der Waals surface area contributed by atoms with Gasteiger partial charge >= 0.3 is 0 Å². The first kappa shape index (κ1) is 24.4. The number of hydrogen-bond acceptors (Lipinski definition) is 5. The maximum atomic E-state index is 11.6. The summed E-state index contributed by atoms with van der Waals surface area (Å²) in [7, 11) is 0.711. The van der Waals surface area contributed by atoms with Crippen LogP contribution in [-0.4, -0.2) is 38.3 Å². The van der Waals surface area contributed by atoms with Gasteiger partial charge in [-0.2, -0.15) is 0 Å². The molecule has 0 unspecified atom stereocenters. The number of anilines is 4. The van der Waals surface area contributed by atoms with Crippen molar-refractivity contribution < 1.29 is 8.42 Å². The van der Waals surface area contributed by atoms with Crippen molar-refractivity contribution in [2.24, 2.45) is 0 Å². The summed E-state index contributed by atoms with van der Waals surface area (Å²) in [5.74, 6) is 0.672. The average molecular weight is 512 g/mol. The summed E-state index contributed by atoms with van der Waals surface area (Å²) in [5.41, 5.74) is 6.88. The fourth-order valence-electron chi connectivity index (χ4n) is 4.35. The lowest BCUT2D eigenvalue weighted by Gasteiger charge is -2.15. The second kappa shape index (κ2) is 9.99. The van der Waals surface area contributed by atoms with E-state index in [2.05, 4.69) is 79.1 Å². The Morgan fingerprint density at radius 1 is 0.865 bits per heavy atom. The normalized spacial score (nSPS) is 11.4. The van der Waals surface area contributed by atoms with Crippen molar-refractivity contribution in [2.75, 3.05) is 35.3 Å². The summed E-state index contributed by atoms with van der Waals surface area (Å²) in [6, 6.07) is 30.3. The van der Waals surface area contributed by atoms with Gasteiger partial charge in [-0.15, -0.1) is 0 Å². The molecule has 0 spiro atoms. The van der Waals surface area contributed by atoms with Gasteiger partial charge in [0.15, 0.2) is 0 Å². The lowest BCUT2D eigenvalue weighted by Crippen LogP contribution is -2.09. The molecule has 3 aromatic carbocycles. The number of hydrogen-bond donors (Lipinski definition) is 2. The number of aromatic nitrogens is 2. The van der Waals surface area contributed by atoms with E-state index in [9.17, 15) is 8.42 Å². The van der Waals surface area contributed by atoms with Crippen molar-refractivity contribution in [1.29, 1.82) is 0 Å². The zero-order chi connectivity index (χ0) is 26.0. The first-order chi connectivity index (χ1) is 17.7. The van der Waals surface area contributed by atoms with Gasteiger partial charge in [-0.3, -0.25) is 4.72 Å². The molecular weight excluding hydrogens is 482 g/mol. The molecule has 0 saturated carbocycles. The molecule has 0 radical (unpaired) electrons. The Morgan fingerprint density at radius 3 is 2.30 bits per heavy atom. The fourth-order valence-corrected chi connectivity index (χ4v) is 4.91. The van der Waals surface area contributed by atoms with Crippen molar-refractivity contribution >= 4 is 43.8 Å². The first-order valence-corrected chi connectivity index (χ1v) is 13.8. The third-order valence-corrected chi connectivity index (χ3v) is 6.69. The molecule has 0 amide bonds. The van der Waals surface area contributed by atoms with Gasteiger partial charge in [0.1, 0.15) is 5.82 Å². The number of sulfonamides is 1. The Bertz CT molecular complexity index is 1640. The molecule has 0 bridgehead atoms. The van der Waals surface area contributed by atoms with Crippen molar-refractivity contribution in [1.82, 2.24) is 9.55 Å². The van der Waals surface area contributed by atoms with Crippen molar-refractivity contribution in [3.05, 3.63) is 103 Å². The standard InChI is InChI=1S/C29H29N5O2S/c1-33(2)26-14-12-22(13-15-26)27-16-23-19-30-29(18-28(23)34(27)20-21-8-5-4-6-9-21)31-24-10-7-11-25(17-24)32-37(3,35)36/h4-19,32H,20H2,1-3H3,(H,30,31). The number of fused-ring (bicyclic) bond motifs is 1. The topological polar surface area (TPSA) is 79.3 Å². The molecular formula is C29H29N5O2S. The van der Waals surface area contributed by atoms with E-state index in [-0.39, 0.29) is 0 Å². The fraction of sp³-hybridized carbons (Fsp3) is 0.138. The van der Waals surface area contributed by atoms with Gasteiger partial charge in [-0.1, -0.05) is 48.5 Å². The molecule has 0 atom stereocenters. The molecule has 0 aliphatic heterocycles. The van der Waals surface area contributed by atoms with Crippen LogP contribution in [0.1, 0.15) is 5.56 Å². The van der Waals surface area contributed by atoms with Crippen LogP contribution in [0.3, 0.4) is 0 Å². The van der Waals surface area contributed by atoms with Crippen LogP contribution in [0.15, 0.2) is 97.2 Å². The van der Waals surface area contributed by atoms with Gasteiger partial charge in [0.2, 0.25) is 10.0 Å². The molecule has 0 aliphatic rings. The van der Waals surface area contributed by atoms with Crippen LogP contribution in [0.2, 0.25) is 0 Å². The summed E-state index contributed by atoms with van der Waals surface area (Å²) < 4.78 is 28.1. The van der Waals surface area contributed by atoms with Gasteiger partial charge in [-0.25, -0.2) is 13.4 Å². The van der Waals surface area contributed by atoms with Crippen LogP contribution in [0.25, 0.3) is 22.2 Å². The van der Waals surface area contributed by atoms with E-state index in [1.165, 1.54) is 5.56 Å². The highest BCUT2D eigenvalue weighted by atomic mass is 32.2. The molecule has 7 nitrogen and oxygen atoms in total. The van der Waals surface area contributed by atoms with Crippen LogP contribution in [-0.2, 0) is 16.6 Å². The SMILES string of the molecule is CN(C)c1ccc(-c2cc3cnc(Nc4cccc(NS(C)(=O)=O)c4)cc3n2Cc2ccccc2)cc1. The van der Waals surface area contributed by atoms with Crippen LogP contribution in [0, 0.1) is 0 Å². The maximum absolute atomic E-state index is 11.6. The highest BCUT2D eigenvalue weighted by Gasteiger charge is 2.13. The lowest BCUT2D eigenvalue weighted by molar-refractivity contribution is 0.607. The number of nitrogens with zero attached hydrogens (tertiary/aromatic N) is 3. The highest BCUT2D eigenvalue weighted by Crippen LogP contribution is 2.32. The van der Waals surface area contributed by atoms with Gasteiger partial charge in [0.25, 0.3) is 0 Å². The van der Waals surface area contributed by atoms with Gasteiger partial charge in [0.05, 0.1) is 17.5 Å². The van der Waals surface area contributed by atoms with Crippen LogP contribution in [0.5, 0.6) is 0 Å². The van der Waals surface area contributed by atoms with E-state index < -0.39 is 10.0 Å². The average Bonchev–Trinajstić information content (AvgIpc) is 3.21. The van der Waals surface area contributed by atoms with E-state index in [4.69, 9.17) is 0 Å². The predicted molar refractivity (Wildman–Crippen MR) is 153 cm³/mol. The molecule has 2 aromatic heterocycles. The number of benzene rings is 3. The molecule has 37 heavy (non-hydrogen) atoms. The molecule has 2 heterocycles. The first-order valence-electron chi connectivity index (χ1n) is 11.9. The van der Waals surface area contributed by atoms with E-state index in [0.29, 0.717) is 18.1 Å². The Balaban J connectivity index is 1.55. The Morgan fingerprint density at radius 2 is 1.59 bits per heavy atom. The summed E-state index contributed by atoms with van der Waals surface area (Å²) >= 11 is 0. The largest absolute Gasteiger partial charge is 0.378 e. The van der Waals surface area contributed by atoms with Gasteiger partial charge in [-0.05, 0) is 47.5 Å². The smallest absolute Gasteiger partial charge is 0.229 e. The second-order valence-electron chi connectivity index (χ2n) is 9.25. The molecule has 188 valence electrons. The van der Waals surface area contributed by atoms with Crippen molar-refractivity contribution in [2.45, 2.75) is 6.54 Å². The minimum atomic E-state index is -3.36. The summed E-state index contributed by atoms with van der Waals surface area (Å²) in [6.45, 7) is 0.715. The Kier molecular flexibility index (Phi) is 6.58. The molecule has 2 N–H and O–H groups in total. The monoisotopic (exact) mass is 511 g/mol. The maximum Gasteiger partial charge on any atom is 0.229 e. The molecule has 5 rings (SSSR count). The number of nitrogens with one attached hydrogen (secondary N) is 2. The van der Waals surface area contributed by atoms with Crippen LogP contribution >= 0.6 is 0 Å². The third-order valence-electron chi connectivity index (χ3n) is 6.09. The van der Waals surface area contributed by atoms with E-state index in [0.717, 1.165) is 39.8 Å². The minimum absolute atomic E-state index is 0.490. The van der Waals surface area contributed by atoms with E-state index in [1.807, 2.05) is 38.5 Å². The quantitative estimate of drug-likeness (QED) is 0.270. The lowest BCUT2D eigenvalue weighted by atomic mass is 10.1. The van der Waals surface area contributed by atoms with Crippen molar-refractivity contribution in [3.8, 4) is 11.3 Å². The second-order valence-corrected chi connectivity index (χ2v) is 11.0. The van der Waals surface area contributed by atoms with Gasteiger partial charge in [0, 0.05) is 55.4 Å². The van der Waals surface area contributed by atoms with Crippen LogP contribution < -0.4 is 14.9 Å². The number of rotatable bonds is 8. The molecule has 0 aliphatic carbocycles. The summed E-state index contributed by atoms with van der Waals surface area (Å²) in [5, 5.41) is 4.36. The third kappa shape index (κ3) is 5.76. The Labute approximate surface area is 217 Å². The summed E-state index contributed by atoms with van der Waals surface area (Å²) in [6.07, 6.45) is 3.00. The molecule has 8 heteroatoms. The number of pyridine rings is 1. The van der Waals surface area contributed by atoms with Crippen molar-refractivity contribution in [3.63, 3.8) is 0 Å². The molecule has 0 fully saturated rings. The Hall–Kier alpha value is -4.30.